The van der Waals surface area contributed by atoms with Crippen molar-refractivity contribution in [3.8, 4) is 11.5 Å². The molecule has 0 bridgehead atoms. The molecule has 0 saturated carbocycles. The first-order valence-corrected chi connectivity index (χ1v) is 7.69. The molecule has 0 aliphatic carbocycles. The number of methoxy groups -OCH3 is 3. The maximum absolute atomic E-state index is 11.4. The van der Waals surface area contributed by atoms with Gasteiger partial charge in [0.15, 0.2) is 0 Å². The van der Waals surface area contributed by atoms with Crippen molar-refractivity contribution in [1.82, 2.24) is 0 Å². The lowest BCUT2D eigenvalue weighted by Gasteiger charge is -2.22. The summed E-state index contributed by atoms with van der Waals surface area (Å²) in [6.45, 7) is 1.53. The van der Waals surface area contributed by atoms with Crippen molar-refractivity contribution in [1.29, 1.82) is 0 Å². The Morgan fingerprint density at radius 3 is 2.30 bits per heavy atom. The molecule has 2 atom stereocenters. The summed E-state index contributed by atoms with van der Waals surface area (Å²) in [6.07, 6.45) is -0.173. The fourth-order valence-corrected chi connectivity index (χ4v) is 2.52. The minimum absolute atomic E-state index is 0.376. The Bertz CT molecular complexity index is 544. The summed E-state index contributed by atoms with van der Waals surface area (Å²) in [5, 5.41) is 4.36. The number of hydrogen-bond donors (Lipinski definition) is 1. The van der Waals surface area contributed by atoms with Crippen LogP contribution in [0.15, 0.2) is 18.2 Å². The van der Waals surface area contributed by atoms with Gasteiger partial charge in [0.2, 0.25) is 10.0 Å². The topological polar surface area (TPSA) is 87.9 Å². The second kappa shape index (κ2) is 6.92. The summed E-state index contributed by atoms with van der Waals surface area (Å²) < 4.78 is 38.5. The molecule has 0 aliphatic heterocycles. The van der Waals surface area contributed by atoms with E-state index >= 15 is 0 Å². The zero-order valence-electron chi connectivity index (χ0n) is 12.1. The van der Waals surface area contributed by atoms with Gasteiger partial charge in [-0.15, -0.1) is 0 Å². The molecular formula is C13H21NO5S. The normalized spacial score (nSPS) is 14.7. The molecule has 2 unspecified atom stereocenters. The third kappa shape index (κ3) is 4.09. The van der Waals surface area contributed by atoms with Crippen LogP contribution in [0.25, 0.3) is 0 Å². The van der Waals surface area contributed by atoms with E-state index in [9.17, 15) is 8.42 Å². The minimum atomic E-state index is -3.66. The lowest BCUT2D eigenvalue weighted by molar-refractivity contribution is 0.101. The minimum Gasteiger partial charge on any atom is -0.497 e. The number of hydrogen-bond acceptors (Lipinski definition) is 5. The molecule has 0 radical (unpaired) electrons. The smallest absolute Gasteiger partial charge is 0.214 e. The van der Waals surface area contributed by atoms with Gasteiger partial charge in [0.05, 0.1) is 25.6 Å². The average molecular weight is 303 g/mol. The van der Waals surface area contributed by atoms with E-state index in [1.807, 2.05) is 6.07 Å². The first kappa shape index (κ1) is 16.7. The second-order valence-electron chi connectivity index (χ2n) is 4.45. The van der Waals surface area contributed by atoms with Gasteiger partial charge in [0, 0.05) is 19.6 Å². The molecule has 0 aliphatic rings. The van der Waals surface area contributed by atoms with Gasteiger partial charge in [0.1, 0.15) is 11.5 Å². The zero-order chi connectivity index (χ0) is 15.3. The van der Waals surface area contributed by atoms with Crippen LogP contribution in [0.3, 0.4) is 0 Å². The molecular weight excluding hydrogens is 282 g/mol. The second-order valence-corrected chi connectivity index (χ2v) is 6.37. The fraction of sp³-hybridized carbons (Fsp3) is 0.538. The van der Waals surface area contributed by atoms with Crippen molar-refractivity contribution >= 4 is 10.0 Å². The number of sulfonamides is 1. The van der Waals surface area contributed by atoms with E-state index in [2.05, 4.69) is 0 Å². The van der Waals surface area contributed by atoms with Gasteiger partial charge in [0.25, 0.3) is 0 Å². The van der Waals surface area contributed by atoms with Gasteiger partial charge < -0.3 is 14.2 Å². The average Bonchev–Trinajstić information content (AvgIpc) is 2.42. The van der Waals surface area contributed by atoms with Crippen LogP contribution in [0.5, 0.6) is 11.5 Å². The Hall–Kier alpha value is -1.31. The van der Waals surface area contributed by atoms with E-state index in [0.29, 0.717) is 17.9 Å². The highest BCUT2D eigenvalue weighted by atomic mass is 32.2. The standard InChI is InChI=1S/C13H21NO5S/c1-9(20(14,15)16)12(18-3)7-10-5-6-11(17-2)8-13(10)19-4/h5-6,8-9,12H,7H2,1-4H3,(H2,14,15,16). The summed E-state index contributed by atoms with van der Waals surface area (Å²) in [7, 11) is 0.913. The number of primary sulfonamides is 1. The quantitative estimate of drug-likeness (QED) is 0.810. The highest BCUT2D eigenvalue weighted by Gasteiger charge is 2.27. The predicted octanol–water partition coefficient (Wildman–Crippen LogP) is 0.938. The van der Waals surface area contributed by atoms with Crippen molar-refractivity contribution in [3.63, 3.8) is 0 Å². The molecule has 0 amide bonds. The molecule has 2 N–H and O–H groups in total. The number of nitrogens with two attached hydrogens (primary N) is 1. The van der Waals surface area contributed by atoms with Crippen LogP contribution < -0.4 is 14.6 Å². The summed E-state index contributed by atoms with van der Waals surface area (Å²) in [5.41, 5.74) is 0.829. The first-order valence-electron chi connectivity index (χ1n) is 6.08. The molecule has 0 heterocycles. The van der Waals surface area contributed by atoms with E-state index < -0.39 is 21.4 Å². The molecule has 1 aromatic rings. The van der Waals surface area contributed by atoms with Crippen molar-refractivity contribution in [2.75, 3.05) is 21.3 Å². The number of ether oxygens (including phenoxy) is 3. The molecule has 0 fully saturated rings. The lowest BCUT2D eigenvalue weighted by atomic mass is 10.0. The maximum atomic E-state index is 11.4. The third-order valence-corrected chi connectivity index (χ3v) is 4.60. The number of rotatable bonds is 7. The van der Waals surface area contributed by atoms with Gasteiger partial charge in [-0.25, -0.2) is 13.6 Å². The van der Waals surface area contributed by atoms with Crippen molar-refractivity contribution in [2.45, 2.75) is 24.7 Å². The van der Waals surface area contributed by atoms with Crippen LogP contribution in [0.2, 0.25) is 0 Å². The van der Waals surface area contributed by atoms with E-state index in [1.54, 1.807) is 26.4 Å². The third-order valence-electron chi connectivity index (χ3n) is 3.26. The summed E-state index contributed by atoms with van der Waals surface area (Å²) in [4.78, 5) is 0. The Balaban J connectivity index is 3.01. The molecule has 0 aromatic heterocycles. The molecule has 114 valence electrons. The highest BCUT2D eigenvalue weighted by molar-refractivity contribution is 7.89. The highest BCUT2D eigenvalue weighted by Crippen LogP contribution is 2.27. The van der Waals surface area contributed by atoms with Gasteiger partial charge >= 0.3 is 0 Å². The van der Waals surface area contributed by atoms with E-state index in [0.717, 1.165) is 5.56 Å². The van der Waals surface area contributed by atoms with Crippen molar-refractivity contribution in [3.05, 3.63) is 23.8 Å². The molecule has 1 rings (SSSR count). The summed E-state index contributed by atoms with van der Waals surface area (Å²) in [5.74, 6) is 1.28. The van der Waals surface area contributed by atoms with E-state index in [-0.39, 0.29) is 0 Å². The van der Waals surface area contributed by atoms with Crippen LogP contribution >= 0.6 is 0 Å². The van der Waals surface area contributed by atoms with Gasteiger partial charge in [-0.1, -0.05) is 6.07 Å². The largest absolute Gasteiger partial charge is 0.497 e. The zero-order valence-corrected chi connectivity index (χ0v) is 12.9. The lowest BCUT2D eigenvalue weighted by Crippen LogP contribution is -2.38. The first-order chi connectivity index (χ1) is 9.33. The van der Waals surface area contributed by atoms with Crippen LogP contribution in [-0.4, -0.2) is 41.1 Å². The van der Waals surface area contributed by atoms with Crippen LogP contribution in [-0.2, 0) is 21.2 Å². The SMILES string of the molecule is COc1ccc(CC(OC)C(C)S(N)(=O)=O)c(OC)c1. The van der Waals surface area contributed by atoms with Gasteiger partial charge in [-0.3, -0.25) is 0 Å². The van der Waals surface area contributed by atoms with E-state index in [4.69, 9.17) is 19.3 Å². The molecule has 20 heavy (non-hydrogen) atoms. The maximum Gasteiger partial charge on any atom is 0.214 e. The summed E-state index contributed by atoms with van der Waals surface area (Å²) >= 11 is 0. The molecule has 7 heteroatoms. The van der Waals surface area contributed by atoms with Crippen molar-refractivity contribution < 1.29 is 22.6 Å². The van der Waals surface area contributed by atoms with Crippen molar-refractivity contribution in [2.24, 2.45) is 5.14 Å². The van der Waals surface area contributed by atoms with E-state index in [1.165, 1.54) is 14.0 Å². The fourth-order valence-electron chi connectivity index (χ4n) is 1.89. The summed E-state index contributed by atoms with van der Waals surface area (Å²) in [6, 6.07) is 5.34. The van der Waals surface area contributed by atoms with Crippen LogP contribution in [0.1, 0.15) is 12.5 Å². The van der Waals surface area contributed by atoms with Gasteiger partial charge in [-0.2, -0.15) is 0 Å². The Kier molecular flexibility index (Phi) is 5.79. The molecule has 0 saturated heterocycles. The Morgan fingerprint density at radius 2 is 1.85 bits per heavy atom. The molecule has 0 spiro atoms. The van der Waals surface area contributed by atoms with Gasteiger partial charge in [-0.05, 0) is 18.6 Å². The number of benzene rings is 1. The molecule has 1 aromatic carbocycles. The predicted molar refractivity (Wildman–Crippen MR) is 76.6 cm³/mol. The monoisotopic (exact) mass is 303 g/mol. The van der Waals surface area contributed by atoms with Crippen LogP contribution in [0.4, 0.5) is 0 Å². The Labute approximate surface area is 119 Å². The Morgan fingerprint density at radius 1 is 1.20 bits per heavy atom. The van der Waals surface area contributed by atoms with Crippen LogP contribution in [0, 0.1) is 0 Å². The molecule has 6 nitrogen and oxygen atoms in total.